The number of rotatable bonds is 5. The van der Waals surface area contributed by atoms with Crippen molar-refractivity contribution in [1.82, 2.24) is 5.32 Å². The molecule has 0 saturated heterocycles. The fraction of sp³-hybridized carbons (Fsp3) is 0.0769. The molecule has 3 N–H and O–H groups in total. The molecule has 4 aromatic rings. The number of nitrogens with zero attached hydrogens (tertiary/aromatic N) is 1. The van der Waals surface area contributed by atoms with E-state index in [1.807, 2.05) is 54.6 Å². The van der Waals surface area contributed by atoms with E-state index in [2.05, 4.69) is 29.6 Å². The Morgan fingerprint density at radius 1 is 0.900 bits per heavy atom. The van der Waals surface area contributed by atoms with Gasteiger partial charge in [0.25, 0.3) is 5.91 Å². The first-order valence-electron chi connectivity index (χ1n) is 9.77. The van der Waals surface area contributed by atoms with Gasteiger partial charge in [0, 0.05) is 18.7 Å². The van der Waals surface area contributed by atoms with Gasteiger partial charge < -0.3 is 11.1 Å². The Balaban J connectivity index is 1.46. The summed E-state index contributed by atoms with van der Waals surface area (Å²) >= 11 is 0. The van der Waals surface area contributed by atoms with E-state index in [9.17, 15) is 4.79 Å². The number of nitrogens with two attached hydrogens (primary N) is 1. The van der Waals surface area contributed by atoms with Crippen LogP contribution in [0.4, 0.5) is 0 Å². The van der Waals surface area contributed by atoms with Crippen molar-refractivity contribution in [3.8, 4) is 17.2 Å². The Morgan fingerprint density at radius 3 is 2.27 bits per heavy atom. The summed E-state index contributed by atoms with van der Waals surface area (Å²) in [5, 5.41) is 14.2. The third-order valence-corrected chi connectivity index (χ3v) is 5.20. The maximum absolute atomic E-state index is 12.6. The molecule has 4 nitrogen and oxygen atoms in total. The summed E-state index contributed by atoms with van der Waals surface area (Å²) in [5.41, 5.74) is 11.1. The monoisotopic (exact) mass is 391 g/mol. The summed E-state index contributed by atoms with van der Waals surface area (Å²) in [4.78, 5) is 12.6. The number of benzene rings is 4. The van der Waals surface area contributed by atoms with Crippen molar-refractivity contribution in [3.05, 3.63) is 107 Å². The molecule has 0 heterocycles. The molecule has 1 amide bonds. The molecule has 0 radical (unpaired) electrons. The quantitative estimate of drug-likeness (QED) is 0.514. The second-order valence-corrected chi connectivity index (χ2v) is 7.13. The number of carbonyl (C=O) groups is 1. The number of carbonyl (C=O) groups excluding carboxylic acids is 1. The summed E-state index contributed by atoms with van der Waals surface area (Å²) in [6.07, 6.45) is 0. The fourth-order valence-corrected chi connectivity index (χ4v) is 3.51. The minimum atomic E-state index is -0.114. The van der Waals surface area contributed by atoms with Crippen LogP contribution in [-0.2, 0) is 13.1 Å². The molecule has 0 fully saturated rings. The van der Waals surface area contributed by atoms with Crippen molar-refractivity contribution in [2.24, 2.45) is 5.73 Å². The molecule has 0 unspecified atom stereocenters. The molecule has 146 valence electrons. The molecular weight excluding hydrogens is 370 g/mol. The second-order valence-electron chi connectivity index (χ2n) is 7.13. The van der Waals surface area contributed by atoms with Crippen molar-refractivity contribution < 1.29 is 4.79 Å². The minimum absolute atomic E-state index is 0.114. The first-order valence-corrected chi connectivity index (χ1v) is 9.77. The van der Waals surface area contributed by atoms with Gasteiger partial charge in [-0.3, -0.25) is 4.79 Å². The van der Waals surface area contributed by atoms with Crippen molar-refractivity contribution in [2.45, 2.75) is 13.1 Å². The first kappa shape index (κ1) is 19.4. The second kappa shape index (κ2) is 8.60. The van der Waals surface area contributed by atoms with Gasteiger partial charge in [-0.2, -0.15) is 5.26 Å². The number of hydrogen-bond acceptors (Lipinski definition) is 3. The molecular formula is C26H21N3O. The van der Waals surface area contributed by atoms with Crippen LogP contribution in [0.5, 0.6) is 0 Å². The molecule has 4 heteroatoms. The van der Waals surface area contributed by atoms with Crippen LogP contribution < -0.4 is 11.1 Å². The van der Waals surface area contributed by atoms with Crippen LogP contribution >= 0.6 is 0 Å². The van der Waals surface area contributed by atoms with Crippen LogP contribution in [-0.4, -0.2) is 5.91 Å². The van der Waals surface area contributed by atoms with E-state index in [4.69, 9.17) is 11.0 Å². The van der Waals surface area contributed by atoms with Crippen LogP contribution in [0.25, 0.3) is 21.9 Å². The van der Waals surface area contributed by atoms with E-state index in [0.29, 0.717) is 24.2 Å². The summed E-state index contributed by atoms with van der Waals surface area (Å²) < 4.78 is 0. The van der Waals surface area contributed by atoms with Crippen LogP contribution in [0.1, 0.15) is 27.0 Å². The van der Waals surface area contributed by atoms with Gasteiger partial charge in [0.05, 0.1) is 11.6 Å². The number of nitrogens with one attached hydrogen (secondary N) is 1. The lowest BCUT2D eigenvalue weighted by Gasteiger charge is -2.10. The first-order chi connectivity index (χ1) is 14.7. The third kappa shape index (κ3) is 4.07. The Kier molecular flexibility index (Phi) is 5.56. The normalized spacial score (nSPS) is 10.5. The van der Waals surface area contributed by atoms with E-state index in [0.717, 1.165) is 33.0 Å². The molecule has 4 aromatic carbocycles. The van der Waals surface area contributed by atoms with E-state index >= 15 is 0 Å². The maximum atomic E-state index is 12.6. The molecule has 30 heavy (non-hydrogen) atoms. The lowest BCUT2D eigenvalue weighted by Crippen LogP contribution is -2.22. The highest BCUT2D eigenvalue weighted by molar-refractivity contribution is 5.95. The highest BCUT2D eigenvalue weighted by Crippen LogP contribution is 2.22. The lowest BCUT2D eigenvalue weighted by molar-refractivity contribution is 0.0951. The third-order valence-electron chi connectivity index (χ3n) is 5.20. The molecule has 0 aromatic heterocycles. The zero-order valence-electron chi connectivity index (χ0n) is 16.4. The predicted molar refractivity (Wildman–Crippen MR) is 120 cm³/mol. The number of fused-ring (bicyclic) bond motifs is 1. The molecule has 0 aliphatic rings. The Bertz CT molecular complexity index is 1240. The van der Waals surface area contributed by atoms with Gasteiger partial charge >= 0.3 is 0 Å². The summed E-state index contributed by atoms with van der Waals surface area (Å²) in [7, 11) is 0. The minimum Gasteiger partial charge on any atom is -0.348 e. The zero-order chi connectivity index (χ0) is 20.9. The van der Waals surface area contributed by atoms with Crippen molar-refractivity contribution in [1.29, 1.82) is 5.26 Å². The van der Waals surface area contributed by atoms with Gasteiger partial charge in [0.1, 0.15) is 0 Å². The maximum Gasteiger partial charge on any atom is 0.251 e. The van der Waals surface area contributed by atoms with Gasteiger partial charge in [-0.25, -0.2) is 0 Å². The number of amides is 1. The standard InChI is InChI=1S/C26H21N3O/c27-15-18-4-7-20(8-5-18)21-9-11-22(12-10-21)26(30)29-17-24-3-1-2-23-14-19(16-28)6-13-25(23)24/h1-14H,16-17,28H2,(H,29,30). The number of hydrogen-bond donors (Lipinski definition) is 2. The molecule has 0 saturated carbocycles. The fourth-order valence-electron chi connectivity index (χ4n) is 3.51. The highest BCUT2D eigenvalue weighted by Gasteiger charge is 2.08. The van der Waals surface area contributed by atoms with E-state index in [1.165, 1.54) is 0 Å². The largest absolute Gasteiger partial charge is 0.348 e. The average Bonchev–Trinajstić information content (AvgIpc) is 2.82. The van der Waals surface area contributed by atoms with Crippen LogP contribution in [0.2, 0.25) is 0 Å². The molecule has 0 aliphatic heterocycles. The topological polar surface area (TPSA) is 78.9 Å². The van der Waals surface area contributed by atoms with E-state index in [-0.39, 0.29) is 5.91 Å². The summed E-state index contributed by atoms with van der Waals surface area (Å²) in [6.45, 7) is 0.963. The Labute approximate surface area is 175 Å². The van der Waals surface area contributed by atoms with Gasteiger partial charge in [0.2, 0.25) is 0 Å². The predicted octanol–water partition coefficient (Wildman–Crippen LogP) is 4.77. The average molecular weight is 391 g/mol. The zero-order valence-corrected chi connectivity index (χ0v) is 16.4. The smallest absolute Gasteiger partial charge is 0.251 e. The van der Waals surface area contributed by atoms with Crippen LogP contribution in [0, 0.1) is 11.3 Å². The van der Waals surface area contributed by atoms with Crippen LogP contribution in [0.15, 0.2) is 84.9 Å². The van der Waals surface area contributed by atoms with Crippen molar-refractivity contribution >= 4 is 16.7 Å². The highest BCUT2D eigenvalue weighted by atomic mass is 16.1. The van der Waals surface area contributed by atoms with Crippen molar-refractivity contribution in [2.75, 3.05) is 0 Å². The SMILES string of the molecule is N#Cc1ccc(-c2ccc(C(=O)NCc3cccc4cc(CN)ccc34)cc2)cc1. The number of nitriles is 1. The van der Waals surface area contributed by atoms with Gasteiger partial charge in [-0.05, 0) is 63.4 Å². The van der Waals surface area contributed by atoms with Gasteiger partial charge in [-0.1, -0.05) is 54.6 Å². The van der Waals surface area contributed by atoms with Crippen LogP contribution in [0.3, 0.4) is 0 Å². The molecule has 4 rings (SSSR count). The van der Waals surface area contributed by atoms with Gasteiger partial charge in [0.15, 0.2) is 0 Å². The summed E-state index contributed by atoms with van der Waals surface area (Å²) in [6, 6.07) is 29.2. The van der Waals surface area contributed by atoms with E-state index < -0.39 is 0 Å². The lowest BCUT2D eigenvalue weighted by atomic mass is 10.0. The molecule has 0 bridgehead atoms. The molecule has 0 spiro atoms. The molecule has 0 aliphatic carbocycles. The summed E-state index contributed by atoms with van der Waals surface area (Å²) in [5.74, 6) is -0.114. The van der Waals surface area contributed by atoms with E-state index in [1.54, 1.807) is 12.1 Å². The van der Waals surface area contributed by atoms with Gasteiger partial charge in [-0.15, -0.1) is 0 Å². The molecule has 0 atom stereocenters. The van der Waals surface area contributed by atoms with Crippen molar-refractivity contribution in [3.63, 3.8) is 0 Å². The Morgan fingerprint density at radius 2 is 1.60 bits per heavy atom. The Hall–Kier alpha value is -3.94.